The number of rotatable bonds is 7. The van der Waals surface area contributed by atoms with Gasteiger partial charge in [0.25, 0.3) is 10.0 Å². The highest BCUT2D eigenvalue weighted by atomic mass is 32.2. The third kappa shape index (κ3) is 4.01. The molecule has 0 saturated carbocycles. The van der Waals surface area contributed by atoms with E-state index in [0.29, 0.717) is 18.8 Å². The average molecular weight is 433 g/mol. The largest absolute Gasteiger partial charge is 0.269 e. The van der Waals surface area contributed by atoms with Crippen LogP contribution in [-0.4, -0.2) is 41.3 Å². The first-order valence-electron chi connectivity index (χ1n) is 9.29. The Morgan fingerprint density at radius 2 is 1.21 bits per heavy atom. The zero-order chi connectivity index (χ0) is 21.2. The molecule has 0 aliphatic rings. The normalized spacial score (nSPS) is 12.4. The first-order valence-corrected chi connectivity index (χ1v) is 12.2. The number of fused-ring (bicyclic) bond motifs is 1. The monoisotopic (exact) mass is 432 g/mol. The highest BCUT2D eigenvalue weighted by Crippen LogP contribution is 2.27. The molecule has 0 amide bonds. The molecule has 0 N–H and O–H groups in total. The van der Waals surface area contributed by atoms with Crippen molar-refractivity contribution in [3.05, 3.63) is 66.7 Å². The zero-order valence-electron chi connectivity index (χ0n) is 16.6. The molecule has 0 bridgehead atoms. The number of nitrogens with zero attached hydrogens (tertiary/aromatic N) is 2. The second-order valence-electron chi connectivity index (χ2n) is 6.56. The fourth-order valence-corrected chi connectivity index (χ4v) is 5.81. The van der Waals surface area contributed by atoms with E-state index in [-0.39, 0.29) is 9.79 Å². The molecule has 3 rings (SSSR count). The molecule has 0 aromatic heterocycles. The summed E-state index contributed by atoms with van der Waals surface area (Å²) in [5, 5.41) is 1.96. The Hall–Kier alpha value is -2.42. The van der Waals surface area contributed by atoms with Crippen molar-refractivity contribution in [3.8, 4) is 0 Å². The van der Waals surface area contributed by atoms with E-state index in [4.69, 9.17) is 0 Å². The van der Waals surface area contributed by atoms with Crippen molar-refractivity contribution in [3.63, 3.8) is 0 Å². The molecule has 0 radical (unpaired) electrons. The summed E-state index contributed by atoms with van der Waals surface area (Å²) in [5.74, 6) is 0. The number of hydrogen-bond donors (Lipinski definition) is 0. The summed E-state index contributed by atoms with van der Waals surface area (Å²) in [5.41, 5.74) is 0.531. The van der Waals surface area contributed by atoms with Gasteiger partial charge in [-0.25, -0.2) is 16.8 Å². The van der Waals surface area contributed by atoms with Crippen LogP contribution in [0.5, 0.6) is 0 Å². The molecule has 0 aliphatic heterocycles. The van der Waals surface area contributed by atoms with Gasteiger partial charge in [-0.1, -0.05) is 44.2 Å². The van der Waals surface area contributed by atoms with E-state index in [2.05, 4.69) is 0 Å². The van der Waals surface area contributed by atoms with Gasteiger partial charge in [0.1, 0.15) is 0 Å². The van der Waals surface area contributed by atoms with Gasteiger partial charge in [-0.05, 0) is 47.2 Å². The van der Waals surface area contributed by atoms with Gasteiger partial charge in [-0.15, -0.1) is 0 Å². The summed E-state index contributed by atoms with van der Waals surface area (Å²) in [4.78, 5) is 0.111. The van der Waals surface area contributed by atoms with Crippen LogP contribution in [0.3, 0.4) is 0 Å². The van der Waals surface area contributed by atoms with Crippen LogP contribution in [0.15, 0.2) is 76.5 Å². The smallest absolute Gasteiger partial charge is 0.264 e. The van der Waals surface area contributed by atoms with E-state index < -0.39 is 20.0 Å². The minimum absolute atomic E-state index is 0.0339. The molecule has 0 heterocycles. The van der Waals surface area contributed by atoms with Gasteiger partial charge in [-0.2, -0.15) is 4.31 Å². The van der Waals surface area contributed by atoms with Crippen LogP contribution in [0, 0.1) is 0 Å². The minimum Gasteiger partial charge on any atom is -0.269 e. The Kier molecular flexibility index (Phi) is 5.97. The zero-order valence-corrected chi connectivity index (χ0v) is 18.2. The summed E-state index contributed by atoms with van der Waals surface area (Å²) < 4.78 is 53.8. The van der Waals surface area contributed by atoms with E-state index in [1.54, 1.807) is 19.9 Å². The molecule has 0 aliphatic carbocycles. The maximum Gasteiger partial charge on any atom is 0.264 e. The van der Waals surface area contributed by atoms with Crippen molar-refractivity contribution in [1.29, 1.82) is 0 Å². The third-order valence-electron chi connectivity index (χ3n) is 4.92. The molecule has 6 nitrogen and oxygen atoms in total. The maximum atomic E-state index is 13.0. The van der Waals surface area contributed by atoms with Crippen LogP contribution in [0.25, 0.3) is 10.8 Å². The van der Waals surface area contributed by atoms with Crippen molar-refractivity contribution < 1.29 is 16.8 Å². The fraction of sp³-hybridized carbons (Fsp3) is 0.238. The van der Waals surface area contributed by atoms with Crippen LogP contribution in [-0.2, 0) is 20.0 Å². The number of hydrogen-bond acceptors (Lipinski definition) is 4. The predicted molar refractivity (Wildman–Crippen MR) is 116 cm³/mol. The summed E-state index contributed by atoms with van der Waals surface area (Å²) in [7, 11) is -5.98. The molecule has 3 aromatic carbocycles. The third-order valence-corrected chi connectivity index (χ3v) is 8.79. The summed E-state index contributed by atoms with van der Waals surface area (Å²) in [6.07, 6.45) is 0. The molecule has 0 spiro atoms. The molecule has 3 aromatic rings. The van der Waals surface area contributed by atoms with Crippen molar-refractivity contribution in [2.75, 3.05) is 24.4 Å². The molecule has 8 heteroatoms. The van der Waals surface area contributed by atoms with Crippen LogP contribution in [0.1, 0.15) is 13.8 Å². The number of benzene rings is 3. The van der Waals surface area contributed by atoms with Gasteiger partial charge in [0, 0.05) is 20.1 Å². The lowest BCUT2D eigenvalue weighted by atomic mass is 10.1. The molecule has 0 saturated heterocycles. The van der Waals surface area contributed by atoms with Gasteiger partial charge in [-0.3, -0.25) is 4.31 Å². The minimum atomic E-state index is -3.83. The Morgan fingerprint density at radius 1 is 0.690 bits per heavy atom. The second kappa shape index (κ2) is 8.14. The van der Waals surface area contributed by atoms with Gasteiger partial charge in [0.15, 0.2) is 0 Å². The maximum absolute atomic E-state index is 13.0. The van der Waals surface area contributed by atoms with Crippen LogP contribution < -0.4 is 4.31 Å². The van der Waals surface area contributed by atoms with E-state index in [1.807, 2.05) is 36.4 Å². The van der Waals surface area contributed by atoms with Crippen molar-refractivity contribution >= 4 is 36.5 Å². The fourth-order valence-electron chi connectivity index (χ4n) is 3.17. The lowest BCUT2D eigenvalue weighted by Crippen LogP contribution is -2.30. The van der Waals surface area contributed by atoms with Crippen LogP contribution in [0.2, 0.25) is 0 Å². The molecular formula is C21H24N2O4S2. The Labute approximate surface area is 172 Å². The molecule has 0 atom stereocenters. The van der Waals surface area contributed by atoms with Gasteiger partial charge < -0.3 is 0 Å². The number of anilines is 1. The summed E-state index contributed by atoms with van der Waals surface area (Å²) in [6, 6.07) is 18.5. The SMILES string of the molecule is CCN(CC)S(=O)(=O)c1ccc(S(=O)(=O)N(C)c2ccc3ccccc3c2)cc1. The van der Waals surface area contributed by atoms with E-state index in [0.717, 1.165) is 10.8 Å². The van der Waals surface area contributed by atoms with Gasteiger partial charge >= 0.3 is 0 Å². The molecule has 0 fully saturated rings. The van der Waals surface area contributed by atoms with Crippen LogP contribution in [0.4, 0.5) is 5.69 Å². The molecule has 154 valence electrons. The van der Waals surface area contributed by atoms with E-state index in [9.17, 15) is 16.8 Å². The molecule has 29 heavy (non-hydrogen) atoms. The van der Waals surface area contributed by atoms with Gasteiger partial charge in [0.05, 0.1) is 15.5 Å². The first-order chi connectivity index (χ1) is 13.7. The van der Waals surface area contributed by atoms with E-state index in [1.165, 1.54) is 39.9 Å². The highest BCUT2D eigenvalue weighted by molar-refractivity contribution is 7.92. The van der Waals surface area contributed by atoms with Gasteiger partial charge in [0.2, 0.25) is 10.0 Å². The predicted octanol–water partition coefficient (Wildman–Crippen LogP) is 3.70. The average Bonchev–Trinajstić information content (AvgIpc) is 2.73. The Bertz CT molecular complexity index is 1220. The number of sulfonamides is 2. The van der Waals surface area contributed by atoms with Crippen molar-refractivity contribution in [2.45, 2.75) is 23.6 Å². The lowest BCUT2D eigenvalue weighted by Gasteiger charge is -2.21. The van der Waals surface area contributed by atoms with E-state index >= 15 is 0 Å². The topological polar surface area (TPSA) is 74.8 Å². The van der Waals surface area contributed by atoms with Crippen molar-refractivity contribution in [2.24, 2.45) is 0 Å². The summed E-state index contributed by atoms with van der Waals surface area (Å²) in [6.45, 7) is 4.23. The quantitative estimate of drug-likeness (QED) is 0.571. The van der Waals surface area contributed by atoms with Crippen molar-refractivity contribution in [1.82, 2.24) is 4.31 Å². The molecular weight excluding hydrogens is 408 g/mol. The second-order valence-corrected chi connectivity index (χ2v) is 10.5. The first kappa shape index (κ1) is 21.3. The Morgan fingerprint density at radius 3 is 1.76 bits per heavy atom. The Balaban J connectivity index is 1.94. The highest BCUT2D eigenvalue weighted by Gasteiger charge is 2.25. The molecule has 0 unspecified atom stereocenters. The summed E-state index contributed by atoms with van der Waals surface area (Å²) >= 11 is 0. The lowest BCUT2D eigenvalue weighted by molar-refractivity contribution is 0.445. The van der Waals surface area contributed by atoms with Crippen LogP contribution >= 0.6 is 0 Å². The standard InChI is InChI=1S/C21H24N2O4S2/c1-4-23(5-2)29(26,27)21-14-12-20(13-15-21)28(24,25)22(3)19-11-10-17-8-6-7-9-18(17)16-19/h6-16H,4-5H2,1-3H3.